The summed E-state index contributed by atoms with van der Waals surface area (Å²) in [5.74, 6) is 0.00419. The van der Waals surface area contributed by atoms with Gasteiger partial charge >= 0.3 is 0 Å². The van der Waals surface area contributed by atoms with Crippen molar-refractivity contribution in [2.24, 2.45) is 0 Å². The Kier molecular flexibility index (Phi) is 2.73. The van der Waals surface area contributed by atoms with Crippen molar-refractivity contribution < 1.29 is 14.6 Å². The van der Waals surface area contributed by atoms with Crippen molar-refractivity contribution in [3.63, 3.8) is 0 Å². The van der Waals surface area contributed by atoms with Gasteiger partial charge in [0, 0.05) is 0 Å². The van der Waals surface area contributed by atoms with Crippen LogP contribution in [0.3, 0.4) is 0 Å². The predicted molar refractivity (Wildman–Crippen MR) is 64.1 cm³/mol. The molecule has 0 aliphatic carbocycles. The molecule has 0 spiro atoms. The molecule has 9 heteroatoms. The summed E-state index contributed by atoms with van der Waals surface area (Å²) >= 11 is 0. The van der Waals surface area contributed by atoms with Crippen LogP contribution < -0.4 is 11.3 Å². The number of anilines is 1. The molecule has 1 fully saturated rings. The van der Waals surface area contributed by atoms with Crippen molar-refractivity contribution in [1.82, 2.24) is 19.5 Å². The Morgan fingerprint density at radius 3 is 3.05 bits per heavy atom. The highest BCUT2D eigenvalue weighted by molar-refractivity contribution is 5.70. The molecule has 3 heterocycles. The maximum absolute atomic E-state index is 11.7. The molecule has 1 aliphatic heterocycles. The zero-order chi connectivity index (χ0) is 13.6. The molecule has 0 amide bonds. The number of rotatable bonds is 2. The summed E-state index contributed by atoms with van der Waals surface area (Å²) < 4.78 is 12.5. The van der Waals surface area contributed by atoms with Crippen LogP contribution in [0.15, 0.2) is 11.1 Å². The van der Waals surface area contributed by atoms with Gasteiger partial charge in [0.25, 0.3) is 5.56 Å². The average molecular weight is 267 g/mol. The molecule has 102 valence electrons. The molecular weight excluding hydrogens is 254 g/mol. The second-order valence-electron chi connectivity index (χ2n) is 4.26. The lowest BCUT2D eigenvalue weighted by Crippen LogP contribution is -2.19. The third-order valence-electron chi connectivity index (χ3n) is 2.93. The van der Waals surface area contributed by atoms with Crippen molar-refractivity contribution >= 4 is 17.1 Å². The molecule has 2 aromatic rings. The number of nitrogens with one attached hydrogen (secondary N) is 1. The van der Waals surface area contributed by atoms with Crippen molar-refractivity contribution in [2.75, 3.05) is 12.3 Å². The predicted octanol–water partition coefficient (Wildman–Crippen LogP) is -1.05. The highest BCUT2D eigenvalue weighted by Gasteiger charge is 2.35. The van der Waals surface area contributed by atoms with E-state index >= 15 is 0 Å². The van der Waals surface area contributed by atoms with Crippen molar-refractivity contribution in [1.29, 1.82) is 0 Å². The minimum absolute atomic E-state index is 0.00419. The zero-order valence-electron chi connectivity index (χ0n) is 10.1. The number of aliphatic hydroxyl groups is 1. The number of aromatic nitrogens is 4. The third-order valence-corrected chi connectivity index (χ3v) is 2.93. The summed E-state index contributed by atoms with van der Waals surface area (Å²) in [6.45, 7) is 1.55. The largest absolute Gasteiger partial charge is 0.391 e. The van der Waals surface area contributed by atoms with Gasteiger partial charge in [-0.3, -0.25) is 14.3 Å². The summed E-state index contributed by atoms with van der Waals surface area (Å²) in [6, 6.07) is 0. The van der Waals surface area contributed by atoms with E-state index in [0.29, 0.717) is 5.65 Å². The van der Waals surface area contributed by atoms with Gasteiger partial charge in [-0.1, -0.05) is 0 Å². The average Bonchev–Trinajstić information content (AvgIpc) is 2.92. The molecule has 2 aromatic heterocycles. The van der Waals surface area contributed by atoms with E-state index in [-0.39, 0.29) is 24.2 Å². The molecule has 3 atom stereocenters. The van der Waals surface area contributed by atoms with Gasteiger partial charge in [-0.15, -0.1) is 0 Å². The molecule has 9 nitrogen and oxygen atoms in total. The van der Waals surface area contributed by atoms with Gasteiger partial charge < -0.3 is 20.3 Å². The van der Waals surface area contributed by atoms with Gasteiger partial charge in [-0.05, 0) is 6.92 Å². The van der Waals surface area contributed by atoms with Gasteiger partial charge in [0.2, 0.25) is 5.95 Å². The van der Waals surface area contributed by atoms with E-state index in [0.717, 1.165) is 0 Å². The molecule has 19 heavy (non-hydrogen) atoms. The first-order chi connectivity index (χ1) is 9.10. The number of fused-ring (bicyclic) bond motifs is 1. The molecule has 3 rings (SSSR count). The Bertz CT molecular complexity index is 665. The van der Waals surface area contributed by atoms with Crippen LogP contribution in [0.1, 0.15) is 13.2 Å². The Morgan fingerprint density at radius 1 is 1.58 bits per heavy atom. The maximum Gasteiger partial charge on any atom is 0.280 e. The van der Waals surface area contributed by atoms with Crippen LogP contribution in [0.25, 0.3) is 11.2 Å². The van der Waals surface area contributed by atoms with Crippen molar-refractivity contribution in [3.05, 3.63) is 16.7 Å². The first-order valence-corrected chi connectivity index (χ1v) is 5.74. The minimum atomic E-state index is -0.697. The normalized spacial score (nSPS) is 27.2. The van der Waals surface area contributed by atoms with Gasteiger partial charge in [0.1, 0.15) is 6.10 Å². The number of hydrogen-bond acceptors (Lipinski definition) is 7. The number of hydrogen-bond donors (Lipinski definition) is 3. The van der Waals surface area contributed by atoms with Gasteiger partial charge in [-0.2, -0.15) is 4.98 Å². The van der Waals surface area contributed by atoms with Crippen LogP contribution in [0.2, 0.25) is 0 Å². The molecule has 1 aliphatic rings. The fraction of sp³-hybridized carbons (Fsp3) is 0.500. The quantitative estimate of drug-likeness (QED) is 0.633. The monoisotopic (exact) mass is 267 g/mol. The summed E-state index contributed by atoms with van der Waals surface area (Å²) in [5, 5.41) is 9.04. The van der Waals surface area contributed by atoms with E-state index in [1.807, 2.05) is 0 Å². The first-order valence-electron chi connectivity index (χ1n) is 5.74. The number of aliphatic hydroxyl groups excluding tert-OH is 1. The lowest BCUT2D eigenvalue weighted by atomic mass is 10.3. The molecule has 4 N–H and O–H groups in total. The standard InChI is InChI=1S/C10H13N5O4/c1-4-9(19-5(2-16)18-4)15-3-12-6-7(15)13-10(11)14-8(6)17/h3-5,9,16H,2H2,1H3,(H3,11,13,14,17)/t4-,5-,9-/m1/s1. The second kappa shape index (κ2) is 4.30. The fourth-order valence-electron chi connectivity index (χ4n) is 2.11. The van der Waals surface area contributed by atoms with Gasteiger partial charge in [-0.25, -0.2) is 4.98 Å². The van der Waals surface area contributed by atoms with Crippen LogP contribution >= 0.6 is 0 Å². The Hall–Kier alpha value is -1.97. The number of H-pyrrole nitrogens is 1. The molecule has 0 radical (unpaired) electrons. The molecule has 0 aromatic carbocycles. The highest BCUT2D eigenvalue weighted by atomic mass is 16.7. The van der Waals surface area contributed by atoms with E-state index in [2.05, 4.69) is 15.0 Å². The number of imidazole rings is 1. The molecule has 0 saturated carbocycles. The SMILES string of the molecule is C[C@H]1O[C@@H](CO)O[C@H]1n1cnc2c(=O)[nH]c(N)nc21. The summed E-state index contributed by atoms with van der Waals surface area (Å²) in [5.41, 5.74) is 5.61. The van der Waals surface area contributed by atoms with Gasteiger partial charge in [0.05, 0.1) is 12.9 Å². The fourth-order valence-corrected chi connectivity index (χ4v) is 2.11. The zero-order valence-corrected chi connectivity index (χ0v) is 10.1. The topological polar surface area (TPSA) is 128 Å². The molecular formula is C10H13N5O4. The van der Waals surface area contributed by atoms with Crippen LogP contribution in [0, 0.1) is 0 Å². The van der Waals surface area contributed by atoms with E-state index < -0.39 is 18.1 Å². The lowest BCUT2D eigenvalue weighted by Gasteiger charge is -2.14. The van der Waals surface area contributed by atoms with E-state index in [9.17, 15) is 4.79 Å². The summed E-state index contributed by atoms with van der Waals surface area (Å²) in [4.78, 5) is 22.1. The van der Waals surface area contributed by atoms with Crippen LogP contribution in [-0.2, 0) is 9.47 Å². The number of nitrogen functional groups attached to an aromatic ring is 1. The summed E-state index contributed by atoms with van der Waals surface area (Å²) in [7, 11) is 0. The van der Waals surface area contributed by atoms with E-state index in [1.54, 1.807) is 11.5 Å². The number of aromatic amines is 1. The second-order valence-corrected chi connectivity index (χ2v) is 4.26. The highest BCUT2D eigenvalue weighted by Crippen LogP contribution is 2.29. The van der Waals surface area contributed by atoms with Crippen LogP contribution in [0.4, 0.5) is 5.95 Å². The number of nitrogens with zero attached hydrogens (tertiary/aromatic N) is 3. The molecule has 0 bridgehead atoms. The van der Waals surface area contributed by atoms with Crippen molar-refractivity contribution in [3.8, 4) is 0 Å². The first kappa shape index (κ1) is 12.1. The minimum Gasteiger partial charge on any atom is -0.391 e. The van der Waals surface area contributed by atoms with Gasteiger partial charge in [0.15, 0.2) is 23.7 Å². The van der Waals surface area contributed by atoms with Crippen LogP contribution in [0.5, 0.6) is 0 Å². The Balaban J connectivity index is 2.09. The Labute approximate surface area is 107 Å². The summed E-state index contributed by atoms with van der Waals surface area (Å²) in [6.07, 6.45) is -0.0825. The maximum atomic E-state index is 11.7. The van der Waals surface area contributed by atoms with E-state index in [4.69, 9.17) is 20.3 Å². The molecule has 0 unspecified atom stereocenters. The van der Waals surface area contributed by atoms with Crippen molar-refractivity contribution in [2.45, 2.75) is 25.5 Å². The Morgan fingerprint density at radius 2 is 2.37 bits per heavy atom. The lowest BCUT2D eigenvalue weighted by molar-refractivity contribution is -0.101. The third kappa shape index (κ3) is 1.87. The number of ether oxygens (including phenoxy) is 2. The molecule has 1 saturated heterocycles. The smallest absolute Gasteiger partial charge is 0.280 e. The van der Waals surface area contributed by atoms with E-state index in [1.165, 1.54) is 6.33 Å². The van der Waals surface area contributed by atoms with Crippen LogP contribution in [-0.4, -0.2) is 43.6 Å². The number of nitrogens with two attached hydrogens (primary N) is 1.